The maximum absolute atomic E-state index is 10.7. The fourth-order valence-electron chi connectivity index (χ4n) is 0.438. The zero-order valence-corrected chi connectivity index (χ0v) is 6.65. The molecule has 1 rings (SSSR count). The van der Waals surface area contributed by atoms with E-state index in [9.17, 15) is 4.79 Å². The minimum absolute atomic E-state index is 0.0615. The molecule has 0 unspecified atom stereocenters. The summed E-state index contributed by atoms with van der Waals surface area (Å²) in [5, 5.41) is -0.0615. The first-order valence-electron chi connectivity index (χ1n) is 2.91. The van der Waals surface area contributed by atoms with E-state index in [-0.39, 0.29) is 11.1 Å². The van der Waals surface area contributed by atoms with E-state index in [4.69, 9.17) is 27.9 Å². The molecule has 0 atom stereocenters. The molecule has 0 aromatic rings. The van der Waals surface area contributed by atoms with Gasteiger partial charge in [0.2, 0.25) is 0 Å². The van der Waals surface area contributed by atoms with Gasteiger partial charge in [0.15, 0.2) is 0 Å². The van der Waals surface area contributed by atoms with Crippen LogP contribution in [0, 0.1) is 0 Å². The van der Waals surface area contributed by atoms with Crippen LogP contribution in [0.25, 0.3) is 0 Å². The van der Waals surface area contributed by atoms with Gasteiger partial charge in [-0.15, -0.1) is 0 Å². The Morgan fingerprint density at radius 3 is 2.60 bits per heavy atom. The van der Waals surface area contributed by atoms with Crippen molar-refractivity contribution in [2.45, 2.75) is 18.9 Å². The highest BCUT2D eigenvalue weighted by atomic mass is 35.5. The summed E-state index contributed by atoms with van der Waals surface area (Å²) in [7, 11) is 0. The summed E-state index contributed by atoms with van der Waals surface area (Å²) in [6.07, 6.45) is 1.97. The van der Waals surface area contributed by atoms with E-state index in [0.717, 1.165) is 18.4 Å². The van der Waals surface area contributed by atoms with Crippen LogP contribution in [0.4, 0.5) is 0 Å². The lowest BCUT2D eigenvalue weighted by Crippen LogP contribution is -2.05. The lowest BCUT2D eigenvalue weighted by atomic mass is 10.6. The molecule has 0 amide bonds. The van der Waals surface area contributed by atoms with Gasteiger partial charge in [-0.2, -0.15) is 0 Å². The van der Waals surface area contributed by atoms with E-state index in [0.29, 0.717) is 0 Å². The van der Waals surface area contributed by atoms with Crippen molar-refractivity contribution in [2.75, 3.05) is 0 Å². The van der Waals surface area contributed by atoms with E-state index >= 15 is 0 Å². The number of halogens is 2. The maximum Gasteiger partial charge on any atom is 0.350 e. The second-order valence-corrected chi connectivity index (χ2v) is 2.69. The van der Waals surface area contributed by atoms with E-state index in [1.54, 1.807) is 0 Å². The first kappa shape index (κ1) is 7.89. The van der Waals surface area contributed by atoms with Crippen molar-refractivity contribution in [3.63, 3.8) is 0 Å². The van der Waals surface area contributed by atoms with Crippen molar-refractivity contribution < 1.29 is 9.53 Å². The predicted molar refractivity (Wildman–Crippen MR) is 38.9 cm³/mol. The van der Waals surface area contributed by atoms with Crippen molar-refractivity contribution in [2.24, 2.45) is 0 Å². The van der Waals surface area contributed by atoms with E-state index in [1.165, 1.54) is 0 Å². The summed E-state index contributed by atoms with van der Waals surface area (Å²) < 4.78 is 4.79. The summed E-state index contributed by atoms with van der Waals surface area (Å²) >= 11 is 10.5. The molecule has 0 bridgehead atoms. The Bertz CT molecular complexity index is 173. The number of hydrogen-bond acceptors (Lipinski definition) is 2. The summed E-state index contributed by atoms with van der Waals surface area (Å²) in [5.41, 5.74) is 1.01. The normalized spacial score (nSPS) is 18.8. The first-order chi connectivity index (χ1) is 4.74. The monoisotopic (exact) mass is 180 g/mol. The molecule has 4 heteroatoms. The smallest absolute Gasteiger partial charge is 0.350 e. The average molecular weight is 181 g/mol. The van der Waals surface area contributed by atoms with Crippen molar-refractivity contribution in [3.05, 3.63) is 10.6 Å². The van der Waals surface area contributed by atoms with Gasteiger partial charge in [0, 0.05) is 5.54 Å². The Kier molecular flexibility index (Phi) is 2.57. The molecule has 1 aliphatic rings. The molecule has 0 N–H and O–H groups in total. The van der Waals surface area contributed by atoms with Crippen LogP contribution in [0.15, 0.2) is 10.6 Å². The molecule has 0 radical (unpaired) electrons. The highest BCUT2D eigenvalue weighted by Gasteiger charge is 2.26. The molecule has 1 aliphatic carbocycles. The molecule has 0 aromatic heterocycles. The zero-order valence-electron chi connectivity index (χ0n) is 5.14. The quantitative estimate of drug-likeness (QED) is 0.481. The second kappa shape index (κ2) is 3.26. The van der Waals surface area contributed by atoms with Gasteiger partial charge in [0.25, 0.3) is 0 Å². The van der Waals surface area contributed by atoms with Gasteiger partial charge in [-0.3, -0.25) is 0 Å². The van der Waals surface area contributed by atoms with Crippen LogP contribution in [0.1, 0.15) is 12.8 Å². The zero-order chi connectivity index (χ0) is 7.56. The molecule has 0 heterocycles. The fourth-order valence-corrected chi connectivity index (χ4v) is 0.572. The van der Waals surface area contributed by atoms with Crippen LogP contribution in [-0.4, -0.2) is 12.1 Å². The second-order valence-electron chi connectivity index (χ2n) is 2.06. The Hall–Kier alpha value is -0.210. The molecule has 0 aliphatic heterocycles. The van der Waals surface area contributed by atoms with E-state index in [1.807, 2.05) is 0 Å². The molecular weight excluding hydrogens is 175 g/mol. The van der Waals surface area contributed by atoms with Crippen LogP contribution in [0.2, 0.25) is 0 Å². The molecule has 0 aromatic carbocycles. The Morgan fingerprint density at radius 1 is 1.60 bits per heavy atom. The van der Waals surface area contributed by atoms with Crippen LogP contribution < -0.4 is 0 Å². The largest absolute Gasteiger partial charge is 0.458 e. The Labute approximate surface area is 68.8 Å². The van der Waals surface area contributed by atoms with E-state index < -0.39 is 5.97 Å². The van der Waals surface area contributed by atoms with Crippen molar-refractivity contribution in [1.82, 2.24) is 0 Å². The third-order valence-corrected chi connectivity index (χ3v) is 1.68. The SMILES string of the molecule is O=C(OC1CC1)C(Cl)=CCl. The number of hydrogen-bond donors (Lipinski definition) is 0. The summed E-state index contributed by atoms with van der Waals surface area (Å²) in [5.74, 6) is -0.529. The van der Waals surface area contributed by atoms with Crippen LogP contribution in [-0.2, 0) is 9.53 Å². The van der Waals surface area contributed by atoms with Crippen LogP contribution >= 0.6 is 23.2 Å². The third kappa shape index (κ3) is 2.20. The van der Waals surface area contributed by atoms with Crippen molar-refractivity contribution in [1.29, 1.82) is 0 Å². The Morgan fingerprint density at radius 2 is 2.20 bits per heavy atom. The molecule has 0 spiro atoms. The molecule has 10 heavy (non-hydrogen) atoms. The minimum atomic E-state index is -0.529. The molecule has 0 saturated heterocycles. The van der Waals surface area contributed by atoms with Gasteiger partial charge >= 0.3 is 5.97 Å². The van der Waals surface area contributed by atoms with E-state index in [2.05, 4.69) is 0 Å². The lowest BCUT2D eigenvalue weighted by molar-refractivity contribution is -0.139. The van der Waals surface area contributed by atoms with Crippen molar-refractivity contribution >= 4 is 29.2 Å². The highest BCUT2D eigenvalue weighted by Crippen LogP contribution is 2.25. The molecule has 56 valence electrons. The number of carbonyl (C=O) groups excluding carboxylic acids is 1. The van der Waals surface area contributed by atoms with Gasteiger partial charge < -0.3 is 4.74 Å². The van der Waals surface area contributed by atoms with Crippen molar-refractivity contribution in [3.8, 4) is 0 Å². The fraction of sp³-hybridized carbons (Fsp3) is 0.500. The lowest BCUT2D eigenvalue weighted by Gasteiger charge is -1.98. The summed E-state index contributed by atoms with van der Waals surface area (Å²) in [4.78, 5) is 10.7. The van der Waals surface area contributed by atoms with Gasteiger partial charge in [-0.05, 0) is 12.8 Å². The summed E-state index contributed by atoms with van der Waals surface area (Å²) in [6, 6.07) is 0. The van der Waals surface area contributed by atoms with Crippen LogP contribution in [0.5, 0.6) is 0 Å². The standard InChI is InChI=1S/C6H6Cl2O2/c7-3-5(8)6(9)10-4-1-2-4/h3-4H,1-2H2. The van der Waals surface area contributed by atoms with Gasteiger partial charge in [-0.25, -0.2) is 4.79 Å². The topological polar surface area (TPSA) is 26.3 Å². The predicted octanol–water partition coefficient (Wildman–Crippen LogP) is 2.01. The number of rotatable bonds is 2. The minimum Gasteiger partial charge on any atom is -0.458 e. The highest BCUT2D eigenvalue weighted by molar-refractivity contribution is 6.45. The van der Waals surface area contributed by atoms with Crippen LogP contribution in [0.3, 0.4) is 0 Å². The number of esters is 1. The maximum atomic E-state index is 10.7. The molecule has 1 saturated carbocycles. The first-order valence-corrected chi connectivity index (χ1v) is 3.72. The number of ether oxygens (including phenoxy) is 1. The average Bonchev–Trinajstić information content (AvgIpc) is 2.70. The van der Waals surface area contributed by atoms with Gasteiger partial charge in [0.1, 0.15) is 11.1 Å². The number of carbonyl (C=O) groups is 1. The summed E-state index contributed by atoms with van der Waals surface area (Å²) in [6.45, 7) is 0. The van der Waals surface area contributed by atoms with Gasteiger partial charge in [0.05, 0.1) is 0 Å². The molecule has 1 fully saturated rings. The van der Waals surface area contributed by atoms with Gasteiger partial charge in [-0.1, -0.05) is 23.2 Å². The molecule has 2 nitrogen and oxygen atoms in total. The molecular formula is C6H6Cl2O2. The Balaban J connectivity index is 2.32. The third-order valence-electron chi connectivity index (χ3n) is 1.09.